The van der Waals surface area contributed by atoms with Crippen molar-refractivity contribution in [1.82, 2.24) is 5.06 Å². The summed E-state index contributed by atoms with van der Waals surface area (Å²) in [5.74, 6) is -1.66. The van der Waals surface area contributed by atoms with Crippen LogP contribution in [0.15, 0.2) is 60.7 Å². The van der Waals surface area contributed by atoms with E-state index in [1.807, 2.05) is 60.7 Å². The van der Waals surface area contributed by atoms with Crippen molar-refractivity contribution in [3.63, 3.8) is 0 Å². The molecule has 2 aromatic rings. The van der Waals surface area contributed by atoms with Crippen LogP contribution in [0, 0.1) is 5.92 Å². The minimum Gasteiger partial charge on any atom is -0.460 e. The number of hydroxylamine groups is 2. The van der Waals surface area contributed by atoms with Crippen LogP contribution >= 0.6 is 7.60 Å². The molecular weight excluding hydrogens is 469 g/mol. The number of hydrogen-bond donors (Lipinski definition) is 0. The Morgan fingerprint density at radius 3 is 2.06 bits per heavy atom. The van der Waals surface area contributed by atoms with Crippen LogP contribution in [-0.4, -0.2) is 48.8 Å². The first kappa shape index (κ1) is 27.2. The first-order chi connectivity index (χ1) is 17.0. The molecule has 190 valence electrons. The fraction of sp³-hybridized carbons (Fsp3) is 0.462. The number of Topliss-reactive ketones (excluding diaryl/α,β-unsaturated/α-hetero) is 1. The molecule has 0 N–H and O–H groups in total. The molecule has 3 rings (SSSR count). The van der Waals surface area contributed by atoms with Crippen LogP contribution in [-0.2, 0) is 46.0 Å². The van der Waals surface area contributed by atoms with Crippen molar-refractivity contribution < 1.29 is 32.8 Å². The summed E-state index contributed by atoms with van der Waals surface area (Å²) in [6.45, 7) is 4.50. The molecule has 8 nitrogen and oxygen atoms in total. The van der Waals surface area contributed by atoms with E-state index < -0.39 is 31.7 Å². The Balaban J connectivity index is 1.78. The van der Waals surface area contributed by atoms with Crippen LogP contribution < -0.4 is 0 Å². The fourth-order valence-electron chi connectivity index (χ4n) is 4.10. The molecule has 0 aliphatic carbocycles. The van der Waals surface area contributed by atoms with E-state index in [-0.39, 0.29) is 32.2 Å². The zero-order chi connectivity index (χ0) is 25.1. The fourth-order valence-corrected chi connectivity index (χ4v) is 5.76. The van der Waals surface area contributed by atoms with Gasteiger partial charge in [-0.25, -0.2) is 0 Å². The molecule has 0 radical (unpaired) electrons. The smallest absolute Gasteiger partial charge is 0.338 e. The van der Waals surface area contributed by atoms with Crippen molar-refractivity contribution in [3.05, 3.63) is 71.8 Å². The van der Waals surface area contributed by atoms with Crippen molar-refractivity contribution in [2.75, 3.05) is 25.9 Å². The molecule has 1 aliphatic rings. The largest absolute Gasteiger partial charge is 0.460 e. The second-order valence-corrected chi connectivity index (χ2v) is 10.3. The Hall–Kier alpha value is -2.35. The topological polar surface area (TPSA) is 91.4 Å². The predicted octanol–water partition coefficient (Wildman–Crippen LogP) is 4.78. The number of ether oxygens (including phenoxy) is 1. The summed E-state index contributed by atoms with van der Waals surface area (Å²) in [5.41, 5.74) is 1.78. The van der Waals surface area contributed by atoms with Crippen molar-refractivity contribution in [2.24, 2.45) is 5.92 Å². The van der Waals surface area contributed by atoms with Gasteiger partial charge in [0.1, 0.15) is 24.6 Å². The van der Waals surface area contributed by atoms with Gasteiger partial charge in [0.05, 0.1) is 19.8 Å². The molecule has 0 spiro atoms. The number of benzene rings is 2. The van der Waals surface area contributed by atoms with Gasteiger partial charge < -0.3 is 13.8 Å². The van der Waals surface area contributed by atoms with Gasteiger partial charge in [-0.2, -0.15) is 5.06 Å². The van der Waals surface area contributed by atoms with Crippen LogP contribution in [0.4, 0.5) is 0 Å². The highest BCUT2D eigenvalue weighted by Crippen LogP contribution is 2.49. The highest BCUT2D eigenvalue weighted by molar-refractivity contribution is 7.54. The van der Waals surface area contributed by atoms with Crippen molar-refractivity contribution >= 4 is 19.3 Å². The van der Waals surface area contributed by atoms with Crippen molar-refractivity contribution in [3.8, 4) is 0 Å². The molecule has 35 heavy (non-hydrogen) atoms. The summed E-state index contributed by atoms with van der Waals surface area (Å²) in [4.78, 5) is 32.7. The lowest BCUT2D eigenvalue weighted by Crippen LogP contribution is -2.53. The minimum atomic E-state index is -3.61. The number of carbonyl (C=O) groups is 2. The lowest BCUT2D eigenvalue weighted by Gasteiger charge is -2.38. The van der Waals surface area contributed by atoms with E-state index in [9.17, 15) is 14.2 Å². The van der Waals surface area contributed by atoms with Gasteiger partial charge in [0.15, 0.2) is 0 Å². The maximum absolute atomic E-state index is 13.4. The molecule has 1 fully saturated rings. The predicted molar refractivity (Wildman–Crippen MR) is 131 cm³/mol. The van der Waals surface area contributed by atoms with E-state index in [2.05, 4.69) is 0 Å². The average Bonchev–Trinajstić information content (AvgIpc) is 2.87. The second kappa shape index (κ2) is 13.7. The van der Waals surface area contributed by atoms with Crippen LogP contribution in [0.1, 0.15) is 37.8 Å². The zero-order valence-electron chi connectivity index (χ0n) is 20.3. The molecule has 2 atom stereocenters. The first-order valence-corrected chi connectivity index (χ1v) is 13.7. The summed E-state index contributed by atoms with van der Waals surface area (Å²) < 4.78 is 29.3. The number of rotatable bonds is 13. The molecule has 0 saturated carbocycles. The van der Waals surface area contributed by atoms with Crippen LogP contribution in [0.3, 0.4) is 0 Å². The molecule has 0 bridgehead atoms. The van der Waals surface area contributed by atoms with E-state index in [1.54, 1.807) is 18.9 Å². The maximum atomic E-state index is 13.4. The summed E-state index contributed by atoms with van der Waals surface area (Å²) >= 11 is 0. The van der Waals surface area contributed by atoms with Gasteiger partial charge >= 0.3 is 13.6 Å². The Kier molecular flexibility index (Phi) is 10.6. The van der Waals surface area contributed by atoms with Crippen LogP contribution in [0.2, 0.25) is 0 Å². The standard InChI is InChI=1S/C26H34NO7P/c1-3-33-35(30,34-4-2)20-24(28)23-16-11-17-27(32-19-22-14-9-6-10-15-22)25(23)26(29)31-18-21-12-7-5-8-13-21/h5-10,12-15,23,25H,3-4,11,16-20H2,1-2H3. The number of carbonyl (C=O) groups excluding carboxylic acids is 2. The number of ketones is 1. The normalized spacial score (nSPS) is 18.8. The lowest BCUT2D eigenvalue weighted by molar-refractivity contribution is -0.227. The second-order valence-electron chi connectivity index (χ2n) is 8.26. The number of hydrogen-bond acceptors (Lipinski definition) is 8. The van der Waals surface area contributed by atoms with Gasteiger partial charge in [0.2, 0.25) is 0 Å². The monoisotopic (exact) mass is 503 g/mol. The van der Waals surface area contributed by atoms with Gasteiger partial charge in [0.25, 0.3) is 0 Å². The van der Waals surface area contributed by atoms with E-state index in [4.69, 9.17) is 18.6 Å². The van der Waals surface area contributed by atoms with E-state index in [1.165, 1.54) is 0 Å². The summed E-state index contributed by atoms with van der Waals surface area (Å²) in [7, 11) is -3.61. The third-order valence-electron chi connectivity index (χ3n) is 5.70. The third-order valence-corrected chi connectivity index (χ3v) is 7.71. The Morgan fingerprint density at radius 2 is 1.49 bits per heavy atom. The van der Waals surface area contributed by atoms with Gasteiger partial charge in [-0.1, -0.05) is 60.7 Å². The summed E-state index contributed by atoms with van der Waals surface area (Å²) in [6, 6.07) is 18.0. The first-order valence-electron chi connectivity index (χ1n) is 12.0. The van der Waals surface area contributed by atoms with Crippen LogP contribution in [0.5, 0.6) is 0 Å². The van der Waals surface area contributed by atoms with Gasteiger partial charge in [-0.3, -0.25) is 19.0 Å². The van der Waals surface area contributed by atoms with E-state index in [0.717, 1.165) is 11.1 Å². The molecule has 1 heterocycles. The minimum absolute atomic E-state index is 0.0833. The average molecular weight is 504 g/mol. The SMILES string of the molecule is CCOP(=O)(CC(=O)C1CCCN(OCc2ccccc2)C1C(=O)OCc1ccccc1)OCC. The Labute approximate surface area is 207 Å². The van der Waals surface area contributed by atoms with Crippen LogP contribution in [0.25, 0.3) is 0 Å². The zero-order valence-corrected chi connectivity index (χ0v) is 21.2. The van der Waals surface area contributed by atoms with Crippen molar-refractivity contribution in [2.45, 2.75) is 45.9 Å². The Morgan fingerprint density at radius 1 is 0.914 bits per heavy atom. The molecule has 0 aromatic heterocycles. The number of esters is 1. The number of nitrogens with zero attached hydrogens (tertiary/aromatic N) is 1. The molecular formula is C26H34NO7P. The summed E-state index contributed by atoms with van der Waals surface area (Å²) in [6.07, 6.45) is 0.697. The molecule has 0 amide bonds. The van der Waals surface area contributed by atoms with Crippen molar-refractivity contribution in [1.29, 1.82) is 0 Å². The molecule has 1 saturated heterocycles. The third kappa shape index (κ3) is 8.09. The molecule has 2 aromatic carbocycles. The highest BCUT2D eigenvalue weighted by Gasteiger charge is 2.44. The molecule has 2 unspecified atom stereocenters. The quantitative estimate of drug-likeness (QED) is 0.285. The van der Waals surface area contributed by atoms with Gasteiger partial charge in [-0.15, -0.1) is 0 Å². The van der Waals surface area contributed by atoms with E-state index in [0.29, 0.717) is 19.4 Å². The summed E-state index contributed by atoms with van der Waals surface area (Å²) in [5, 5.41) is 1.54. The van der Waals surface area contributed by atoms with Gasteiger partial charge in [-0.05, 0) is 37.8 Å². The molecule has 1 aliphatic heterocycles. The highest BCUT2D eigenvalue weighted by atomic mass is 31.2. The Bertz CT molecular complexity index is 976. The van der Waals surface area contributed by atoms with E-state index >= 15 is 0 Å². The van der Waals surface area contributed by atoms with Gasteiger partial charge in [0, 0.05) is 12.5 Å². The lowest BCUT2D eigenvalue weighted by atomic mass is 9.87. The molecule has 9 heteroatoms. The number of piperidine rings is 1. The maximum Gasteiger partial charge on any atom is 0.338 e.